The predicted molar refractivity (Wildman–Crippen MR) is 71.2 cm³/mol. The van der Waals surface area contributed by atoms with Crippen molar-refractivity contribution in [1.29, 1.82) is 0 Å². The lowest BCUT2D eigenvalue weighted by Crippen LogP contribution is -2.39. The fourth-order valence-corrected chi connectivity index (χ4v) is 2.71. The van der Waals surface area contributed by atoms with Crippen molar-refractivity contribution in [2.45, 2.75) is 12.8 Å². The predicted octanol–water partition coefficient (Wildman–Crippen LogP) is 2.05. The van der Waals surface area contributed by atoms with E-state index in [-0.39, 0.29) is 5.69 Å². The van der Waals surface area contributed by atoms with Gasteiger partial charge in [0.15, 0.2) is 0 Å². The molecule has 1 aliphatic rings. The number of piperidine rings is 1. The Hall–Kier alpha value is -1.70. The second kappa shape index (κ2) is 5.52. The third-order valence-electron chi connectivity index (χ3n) is 3.09. The Labute approximate surface area is 117 Å². The van der Waals surface area contributed by atoms with Crippen LogP contribution in [0.4, 0.5) is 11.5 Å². The van der Waals surface area contributed by atoms with Crippen LogP contribution in [0.1, 0.15) is 12.8 Å². The average Bonchev–Trinajstić information content (AvgIpc) is 2.38. The summed E-state index contributed by atoms with van der Waals surface area (Å²) in [7, 11) is 0. The molecule has 1 saturated heterocycles. The molecule has 102 valence electrons. The second-order valence-electron chi connectivity index (χ2n) is 4.38. The number of carboxylic acid groups (broad SMARTS) is 1. The summed E-state index contributed by atoms with van der Waals surface area (Å²) < 4.78 is 0.507. The number of nitrogens with zero attached hydrogens (tertiary/aromatic N) is 3. The van der Waals surface area contributed by atoms with Crippen LogP contribution in [0, 0.1) is 16.0 Å². The summed E-state index contributed by atoms with van der Waals surface area (Å²) in [5.41, 5.74) is -0.0950. The van der Waals surface area contributed by atoms with Gasteiger partial charge in [-0.2, -0.15) is 0 Å². The van der Waals surface area contributed by atoms with Crippen molar-refractivity contribution in [3.63, 3.8) is 0 Å². The van der Waals surface area contributed by atoms with E-state index in [2.05, 4.69) is 20.9 Å². The number of carboxylic acids is 1. The second-order valence-corrected chi connectivity index (χ2v) is 5.23. The number of hydrogen-bond donors (Lipinski definition) is 1. The van der Waals surface area contributed by atoms with Crippen molar-refractivity contribution in [3.8, 4) is 0 Å². The molecular formula is C11H12BrN3O4. The molecule has 19 heavy (non-hydrogen) atoms. The molecule has 1 N–H and O–H groups in total. The molecule has 0 radical (unpaired) electrons. The van der Waals surface area contributed by atoms with Crippen molar-refractivity contribution in [2.75, 3.05) is 18.0 Å². The molecule has 0 amide bonds. The van der Waals surface area contributed by atoms with Gasteiger partial charge < -0.3 is 10.0 Å². The van der Waals surface area contributed by atoms with Crippen LogP contribution in [0.2, 0.25) is 0 Å². The van der Waals surface area contributed by atoms with Crippen LogP contribution in [0.5, 0.6) is 0 Å². The minimum Gasteiger partial charge on any atom is -0.481 e. The highest BCUT2D eigenvalue weighted by Gasteiger charge is 2.27. The highest BCUT2D eigenvalue weighted by atomic mass is 79.9. The molecule has 0 spiro atoms. The summed E-state index contributed by atoms with van der Waals surface area (Å²) in [6, 6.07) is 1.38. The van der Waals surface area contributed by atoms with Gasteiger partial charge >= 0.3 is 5.97 Å². The van der Waals surface area contributed by atoms with Gasteiger partial charge in [0.1, 0.15) is 12.0 Å². The smallest absolute Gasteiger partial charge is 0.308 e. The van der Waals surface area contributed by atoms with Crippen LogP contribution < -0.4 is 4.90 Å². The highest BCUT2D eigenvalue weighted by Crippen LogP contribution is 2.30. The molecule has 0 aliphatic carbocycles. The fourth-order valence-electron chi connectivity index (χ4n) is 2.12. The molecule has 0 aromatic carbocycles. The Morgan fingerprint density at radius 2 is 2.37 bits per heavy atom. The van der Waals surface area contributed by atoms with Gasteiger partial charge in [-0.25, -0.2) is 4.98 Å². The Balaban J connectivity index is 2.22. The van der Waals surface area contributed by atoms with Crippen molar-refractivity contribution in [3.05, 3.63) is 26.9 Å². The van der Waals surface area contributed by atoms with Gasteiger partial charge in [0.2, 0.25) is 0 Å². The molecule has 1 aromatic heterocycles. The van der Waals surface area contributed by atoms with Gasteiger partial charge in [0, 0.05) is 19.2 Å². The zero-order valence-corrected chi connectivity index (χ0v) is 11.5. The van der Waals surface area contributed by atoms with E-state index in [0.717, 1.165) is 6.42 Å². The van der Waals surface area contributed by atoms with Crippen molar-refractivity contribution < 1.29 is 14.8 Å². The summed E-state index contributed by atoms with van der Waals surface area (Å²) in [5, 5.41) is 19.7. The number of anilines is 1. The Kier molecular flexibility index (Phi) is 3.98. The lowest BCUT2D eigenvalue weighted by molar-refractivity contribution is -0.385. The minimum absolute atomic E-state index is 0.0950. The van der Waals surface area contributed by atoms with E-state index >= 15 is 0 Å². The number of rotatable bonds is 3. The molecule has 1 unspecified atom stereocenters. The van der Waals surface area contributed by atoms with Crippen LogP contribution in [-0.4, -0.2) is 34.1 Å². The standard InChI is InChI=1S/C11H12BrN3O4/c12-9-4-8(15(18)19)5-13-10(9)14-3-1-2-7(6-14)11(16)17/h4-5,7H,1-3,6H2,(H,16,17). The van der Waals surface area contributed by atoms with E-state index < -0.39 is 16.8 Å². The van der Waals surface area contributed by atoms with E-state index in [1.54, 1.807) is 0 Å². The first-order valence-electron chi connectivity index (χ1n) is 5.76. The van der Waals surface area contributed by atoms with Gasteiger partial charge in [-0.15, -0.1) is 0 Å². The third kappa shape index (κ3) is 3.01. The molecular weight excluding hydrogens is 318 g/mol. The van der Waals surface area contributed by atoms with Gasteiger partial charge in [-0.05, 0) is 28.8 Å². The van der Waals surface area contributed by atoms with Gasteiger partial charge in [-0.1, -0.05) is 0 Å². The van der Waals surface area contributed by atoms with Crippen LogP contribution in [0.15, 0.2) is 16.7 Å². The monoisotopic (exact) mass is 329 g/mol. The zero-order valence-electron chi connectivity index (χ0n) is 9.95. The molecule has 1 aromatic rings. The summed E-state index contributed by atoms with van der Waals surface area (Å²) in [4.78, 5) is 27.0. The molecule has 2 heterocycles. The number of hydrogen-bond acceptors (Lipinski definition) is 5. The van der Waals surface area contributed by atoms with Gasteiger partial charge in [0.05, 0.1) is 15.3 Å². The molecule has 8 heteroatoms. The SMILES string of the molecule is O=C(O)C1CCCN(c2ncc([N+](=O)[O-])cc2Br)C1. The fraction of sp³-hybridized carbons (Fsp3) is 0.455. The quantitative estimate of drug-likeness (QED) is 0.673. The first-order chi connectivity index (χ1) is 8.99. The molecule has 2 rings (SSSR count). The molecule has 1 atom stereocenters. The Morgan fingerprint density at radius 3 is 2.95 bits per heavy atom. The van der Waals surface area contributed by atoms with E-state index in [0.29, 0.717) is 29.8 Å². The van der Waals surface area contributed by atoms with Crippen LogP contribution in [0.3, 0.4) is 0 Å². The molecule has 1 aliphatic heterocycles. The van der Waals surface area contributed by atoms with Crippen LogP contribution >= 0.6 is 15.9 Å². The lowest BCUT2D eigenvalue weighted by atomic mass is 9.98. The van der Waals surface area contributed by atoms with Crippen molar-refractivity contribution in [1.82, 2.24) is 4.98 Å². The zero-order chi connectivity index (χ0) is 14.0. The number of halogens is 1. The molecule has 0 bridgehead atoms. The first-order valence-corrected chi connectivity index (χ1v) is 6.56. The summed E-state index contributed by atoms with van der Waals surface area (Å²) in [6.07, 6.45) is 2.60. The normalized spacial score (nSPS) is 19.2. The number of carbonyl (C=O) groups is 1. The summed E-state index contributed by atoms with van der Waals surface area (Å²) in [5.74, 6) is -0.683. The molecule has 0 saturated carbocycles. The maximum absolute atomic E-state index is 11.0. The topological polar surface area (TPSA) is 96.6 Å². The number of aromatic nitrogens is 1. The number of nitro groups is 1. The van der Waals surface area contributed by atoms with E-state index in [1.807, 2.05) is 4.90 Å². The van der Waals surface area contributed by atoms with E-state index in [1.165, 1.54) is 12.3 Å². The van der Waals surface area contributed by atoms with Gasteiger partial charge in [0.25, 0.3) is 5.69 Å². The average molecular weight is 330 g/mol. The molecule has 1 fully saturated rings. The maximum atomic E-state index is 11.0. The third-order valence-corrected chi connectivity index (χ3v) is 3.67. The van der Waals surface area contributed by atoms with E-state index in [9.17, 15) is 14.9 Å². The minimum atomic E-state index is -0.817. The highest BCUT2D eigenvalue weighted by molar-refractivity contribution is 9.10. The Morgan fingerprint density at radius 1 is 1.63 bits per heavy atom. The first kappa shape index (κ1) is 13.7. The largest absolute Gasteiger partial charge is 0.481 e. The van der Waals surface area contributed by atoms with Crippen LogP contribution in [0.25, 0.3) is 0 Å². The van der Waals surface area contributed by atoms with Crippen molar-refractivity contribution in [2.24, 2.45) is 5.92 Å². The summed E-state index contributed by atoms with van der Waals surface area (Å²) in [6.45, 7) is 1.08. The molecule has 7 nitrogen and oxygen atoms in total. The Bertz CT molecular complexity index is 523. The van der Waals surface area contributed by atoms with E-state index in [4.69, 9.17) is 5.11 Å². The maximum Gasteiger partial charge on any atom is 0.308 e. The lowest BCUT2D eigenvalue weighted by Gasteiger charge is -2.32. The van der Waals surface area contributed by atoms with Crippen LogP contribution in [-0.2, 0) is 4.79 Å². The summed E-state index contributed by atoms with van der Waals surface area (Å²) >= 11 is 3.25. The number of aliphatic carboxylic acids is 1. The van der Waals surface area contributed by atoms with Crippen molar-refractivity contribution >= 4 is 33.4 Å². The van der Waals surface area contributed by atoms with Gasteiger partial charge in [-0.3, -0.25) is 14.9 Å². The number of pyridine rings is 1.